The highest BCUT2D eigenvalue weighted by molar-refractivity contribution is 5.26. The third-order valence-electron chi connectivity index (χ3n) is 2.75. The Balaban J connectivity index is 2.22. The second-order valence-corrected chi connectivity index (χ2v) is 4.30. The van der Waals surface area contributed by atoms with Crippen LogP contribution in [0.5, 0.6) is 0 Å². The zero-order valence-corrected chi connectivity index (χ0v) is 10.7. The number of rotatable bonds is 4. The molecule has 2 rings (SSSR count). The third-order valence-corrected chi connectivity index (χ3v) is 2.75. The molecular weight excluding hydrogens is 233 g/mol. The Morgan fingerprint density at radius 3 is 2.72 bits per heavy atom. The fourth-order valence-corrected chi connectivity index (χ4v) is 1.94. The minimum Gasteiger partial charge on any atom is -0.313 e. The highest BCUT2D eigenvalue weighted by Gasteiger charge is 2.14. The summed E-state index contributed by atoms with van der Waals surface area (Å²) in [7, 11) is 3.55. The lowest BCUT2D eigenvalue weighted by Crippen LogP contribution is -2.20. The molecule has 96 valence electrons. The molecule has 0 saturated carbocycles. The zero-order valence-electron chi connectivity index (χ0n) is 10.7. The largest absolute Gasteiger partial charge is 0.313 e. The number of likely N-dealkylation sites (N-methyl/N-ethyl adjacent to an activating group) is 1. The highest BCUT2D eigenvalue weighted by atomic mass is 19.1. The van der Waals surface area contributed by atoms with Gasteiger partial charge in [0, 0.05) is 12.5 Å². The summed E-state index contributed by atoms with van der Waals surface area (Å²) in [6.45, 7) is 1.87. The monoisotopic (exact) mass is 249 g/mol. The number of aryl methyl sites for hydroxylation is 2. The normalized spacial score (nSPS) is 12.7. The van der Waals surface area contributed by atoms with E-state index >= 15 is 0 Å². The van der Waals surface area contributed by atoms with Crippen LogP contribution >= 0.6 is 0 Å². The summed E-state index contributed by atoms with van der Waals surface area (Å²) >= 11 is 0. The Kier molecular flexibility index (Phi) is 3.66. The molecule has 0 amide bonds. The minimum atomic E-state index is -0.225. The van der Waals surface area contributed by atoms with Crippen molar-refractivity contribution in [3.8, 4) is 0 Å². The molecule has 1 heterocycles. The van der Waals surface area contributed by atoms with Crippen LogP contribution in [-0.2, 0) is 13.5 Å². The lowest BCUT2D eigenvalue weighted by molar-refractivity contribution is 0.560. The van der Waals surface area contributed by atoms with E-state index in [9.17, 15) is 4.39 Å². The van der Waals surface area contributed by atoms with Crippen molar-refractivity contribution in [2.45, 2.75) is 19.4 Å². The molecule has 5 nitrogen and oxygen atoms in total. The van der Waals surface area contributed by atoms with E-state index in [0.717, 1.165) is 11.1 Å². The van der Waals surface area contributed by atoms with Gasteiger partial charge < -0.3 is 5.32 Å². The van der Waals surface area contributed by atoms with Crippen LogP contribution < -0.4 is 5.32 Å². The average Bonchev–Trinajstić information content (AvgIpc) is 2.70. The molecule has 0 fully saturated rings. The Morgan fingerprint density at radius 1 is 1.39 bits per heavy atom. The first-order chi connectivity index (χ1) is 8.58. The Hall–Kier alpha value is -1.82. The first kappa shape index (κ1) is 12.6. The molecule has 0 aliphatic rings. The fraction of sp³-hybridized carbons (Fsp3) is 0.417. The third kappa shape index (κ3) is 2.89. The van der Waals surface area contributed by atoms with Crippen molar-refractivity contribution in [3.63, 3.8) is 0 Å². The molecule has 2 aromatic rings. The molecule has 1 unspecified atom stereocenters. The van der Waals surface area contributed by atoms with Gasteiger partial charge in [0.1, 0.15) is 5.82 Å². The first-order valence-electron chi connectivity index (χ1n) is 5.75. The number of benzene rings is 1. The summed E-state index contributed by atoms with van der Waals surface area (Å²) < 4.78 is 13.4. The van der Waals surface area contributed by atoms with Gasteiger partial charge in [0.05, 0.1) is 7.05 Å². The van der Waals surface area contributed by atoms with E-state index in [-0.39, 0.29) is 11.9 Å². The van der Waals surface area contributed by atoms with Crippen molar-refractivity contribution in [2.24, 2.45) is 7.05 Å². The van der Waals surface area contributed by atoms with E-state index in [1.165, 1.54) is 16.9 Å². The predicted octanol–water partition coefficient (Wildman–Crippen LogP) is 1.16. The van der Waals surface area contributed by atoms with Crippen LogP contribution in [0.3, 0.4) is 0 Å². The number of halogens is 1. The van der Waals surface area contributed by atoms with E-state index in [4.69, 9.17) is 0 Å². The number of nitrogens with zero attached hydrogens (tertiary/aromatic N) is 4. The fourth-order valence-electron chi connectivity index (χ4n) is 1.94. The second-order valence-electron chi connectivity index (χ2n) is 4.30. The molecule has 18 heavy (non-hydrogen) atoms. The molecule has 0 spiro atoms. The number of tetrazole rings is 1. The quantitative estimate of drug-likeness (QED) is 0.883. The van der Waals surface area contributed by atoms with Crippen molar-refractivity contribution in [1.82, 2.24) is 25.5 Å². The number of hydrogen-bond acceptors (Lipinski definition) is 4. The first-order valence-corrected chi connectivity index (χ1v) is 5.75. The van der Waals surface area contributed by atoms with Crippen LogP contribution in [0.2, 0.25) is 0 Å². The van der Waals surface area contributed by atoms with Gasteiger partial charge in [-0.3, -0.25) is 0 Å². The van der Waals surface area contributed by atoms with Gasteiger partial charge in [-0.1, -0.05) is 6.07 Å². The SMILES string of the molecule is CNC(Cc1nnn(C)n1)c1cc(C)cc(F)c1. The lowest BCUT2D eigenvalue weighted by atomic mass is 10.0. The zero-order chi connectivity index (χ0) is 13.1. The van der Waals surface area contributed by atoms with Crippen LogP contribution in [0.4, 0.5) is 4.39 Å². The summed E-state index contributed by atoms with van der Waals surface area (Å²) in [6.07, 6.45) is 0.577. The van der Waals surface area contributed by atoms with Gasteiger partial charge in [0.25, 0.3) is 0 Å². The molecule has 1 atom stereocenters. The van der Waals surface area contributed by atoms with Gasteiger partial charge in [0.15, 0.2) is 5.82 Å². The van der Waals surface area contributed by atoms with E-state index in [1.54, 1.807) is 7.05 Å². The average molecular weight is 249 g/mol. The summed E-state index contributed by atoms with van der Waals surface area (Å²) in [5.41, 5.74) is 1.79. The van der Waals surface area contributed by atoms with E-state index in [0.29, 0.717) is 12.2 Å². The molecule has 0 aliphatic carbocycles. The van der Waals surface area contributed by atoms with Gasteiger partial charge >= 0.3 is 0 Å². The Bertz CT molecular complexity index is 517. The van der Waals surface area contributed by atoms with Crippen molar-refractivity contribution < 1.29 is 4.39 Å². The molecule has 0 bridgehead atoms. The van der Waals surface area contributed by atoms with Crippen LogP contribution in [0.1, 0.15) is 23.0 Å². The Morgan fingerprint density at radius 2 is 2.17 bits per heavy atom. The minimum absolute atomic E-state index is 0.0244. The second kappa shape index (κ2) is 5.22. The smallest absolute Gasteiger partial charge is 0.176 e. The lowest BCUT2D eigenvalue weighted by Gasteiger charge is -2.15. The van der Waals surface area contributed by atoms with Crippen LogP contribution in [0, 0.1) is 12.7 Å². The molecule has 1 aromatic carbocycles. The van der Waals surface area contributed by atoms with Gasteiger partial charge in [-0.25, -0.2) is 4.39 Å². The molecular formula is C12H16FN5. The maximum absolute atomic E-state index is 13.4. The summed E-state index contributed by atoms with van der Waals surface area (Å²) in [5.74, 6) is 0.413. The van der Waals surface area contributed by atoms with E-state index in [1.807, 2.05) is 20.0 Å². The Labute approximate surface area is 105 Å². The summed E-state index contributed by atoms with van der Waals surface area (Å²) in [5, 5.41) is 15.0. The summed E-state index contributed by atoms with van der Waals surface area (Å²) in [6, 6.07) is 4.98. The molecule has 1 aromatic heterocycles. The van der Waals surface area contributed by atoms with E-state index < -0.39 is 0 Å². The maximum atomic E-state index is 13.4. The topological polar surface area (TPSA) is 55.6 Å². The van der Waals surface area contributed by atoms with Gasteiger partial charge in [-0.05, 0) is 42.4 Å². The maximum Gasteiger partial charge on any atom is 0.176 e. The van der Waals surface area contributed by atoms with Crippen LogP contribution in [-0.4, -0.2) is 27.3 Å². The molecule has 1 N–H and O–H groups in total. The molecule has 6 heteroatoms. The number of aromatic nitrogens is 4. The van der Waals surface area contributed by atoms with Crippen molar-refractivity contribution >= 4 is 0 Å². The summed E-state index contributed by atoms with van der Waals surface area (Å²) in [4.78, 5) is 1.42. The highest BCUT2D eigenvalue weighted by Crippen LogP contribution is 2.19. The van der Waals surface area contributed by atoms with Crippen molar-refractivity contribution in [3.05, 3.63) is 41.0 Å². The van der Waals surface area contributed by atoms with Gasteiger partial charge in [0.2, 0.25) is 0 Å². The van der Waals surface area contributed by atoms with E-state index in [2.05, 4.69) is 20.7 Å². The predicted molar refractivity (Wildman–Crippen MR) is 65.4 cm³/mol. The molecule has 0 saturated heterocycles. The van der Waals surface area contributed by atoms with Crippen LogP contribution in [0.25, 0.3) is 0 Å². The number of nitrogens with one attached hydrogen (secondary N) is 1. The number of hydrogen-bond donors (Lipinski definition) is 1. The van der Waals surface area contributed by atoms with Gasteiger partial charge in [-0.2, -0.15) is 4.80 Å². The van der Waals surface area contributed by atoms with Crippen molar-refractivity contribution in [1.29, 1.82) is 0 Å². The van der Waals surface area contributed by atoms with Crippen LogP contribution in [0.15, 0.2) is 18.2 Å². The standard InChI is InChI=1S/C12H16FN5/c1-8-4-9(6-10(13)5-8)11(14-2)7-12-15-17-18(3)16-12/h4-6,11,14H,7H2,1-3H3. The molecule has 0 aliphatic heterocycles. The van der Waals surface area contributed by atoms with Gasteiger partial charge in [-0.15, -0.1) is 10.2 Å². The molecule has 0 radical (unpaired) electrons. The van der Waals surface area contributed by atoms with Crippen molar-refractivity contribution in [2.75, 3.05) is 7.05 Å².